The maximum absolute atomic E-state index is 8.84. The van der Waals surface area contributed by atoms with E-state index in [9.17, 15) is 0 Å². The van der Waals surface area contributed by atoms with E-state index in [1.165, 1.54) is 6.42 Å². The number of hydrogen-bond donors (Lipinski definition) is 2. The maximum atomic E-state index is 8.84. The van der Waals surface area contributed by atoms with Gasteiger partial charge in [-0.3, -0.25) is 0 Å². The summed E-state index contributed by atoms with van der Waals surface area (Å²) in [5.41, 5.74) is 5.57. The zero-order valence-corrected chi connectivity index (χ0v) is 8.59. The fourth-order valence-corrected chi connectivity index (χ4v) is 1.68. The molecular weight excluding hydrogens is 196 g/mol. The molecule has 1 aliphatic rings. The van der Waals surface area contributed by atoms with Gasteiger partial charge < -0.3 is 20.3 Å². The van der Waals surface area contributed by atoms with Crippen LogP contribution in [0.3, 0.4) is 0 Å². The summed E-state index contributed by atoms with van der Waals surface area (Å²) in [5, 5.41) is 12.7. The summed E-state index contributed by atoms with van der Waals surface area (Å²) in [6.07, 6.45) is 3.59. The summed E-state index contributed by atoms with van der Waals surface area (Å²) in [4.78, 5) is 6.25. The third kappa shape index (κ3) is 2.27. The van der Waals surface area contributed by atoms with Crippen molar-refractivity contribution >= 4 is 5.95 Å². The molecule has 1 saturated heterocycles. The Morgan fingerprint density at radius 2 is 2.13 bits per heavy atom. The van der Waals surface area contributed by atoms with E-state index in [-0.39, 0.29) is 6.61 Å². The first-order valence-corrected chi connectivity index (χ1v) is 5.26. The van der Waals surface area contributed by atoms with Crippen LogP contribution in [0.1, 0.15) is 31.2 Å². The Bertz CT molecular complexity index is 309. The van der Waals surface area contributed by atoms with Crippen LogP contribution in [-0.2, 0) is 0 Å². The maximum Gasteiger partial charge on any atom is 0.266 e. The predicted molar refractivity (Wildman–Crippen MR) is 54.4 cm³/mol. The van der Waals surface area contributed by atoms with Crippen molar-refractivity contribution in [2.45, 2.75) is 25.3 Å². The highest BCUT2D eigenvalue weighted by atomic mass is 16.5. The molecule has 1 aromatic heterocycles. The molecule has 0 spiro atoms. The molecule has 6 nitrogen and oxygen atoms in total. The van der Waals surface area contributed by atoms with Gasteiger partial charge in [0.25, 0.3) is 5.95 Å². The lowest BCUT2D eigenvalue weighted by Crippen LogP contribution is -2.30. The number of aliphatic hydroxyl groups excluding tert-OH is 1. The molecular formula is C9H16N4O2. The number of nitrogens with zero attached hydrogens (tertiary/aromatic N) is 3. The number of anilines is 1. The molecule has 1 aliphatic heterocycles. The van der Waals surface area contributed by atoms with Crippen molar-refractivity contribution in [3.05, 3.63) is 5.89 Å². The molecule has 0 amide bonds. The number of aliphatic hydroxyl groups is 1. The number of rotatable bonds is 3. The fraction of sp³-hybridized carbons (Fsp3) is 0.778. The van der Waals surface area contributed by atoms with Crippen molar-refractivity contribution < 1.29 is 9.63 Å². The molecule has 1 atom stereocenters. The van der Waals surface area contributed by atoms with Crippen LogP contribution < -0.4 is 10.6 Å². The highest BCUT2D eigenvalue weighted by molar-refractivity contribution is 5.28. The lowest BCUT2D eigenvalue weighted by Gasteiger charge is -2.24. The Balaban J connectivity index is 2.05. The number of nitrogens with two attached hydrogens (primary N) is 1. The Morgan fingerprint density at radius 1 is 1.40 bits per heavy atom. The Labute approximate surface area is 88.1 Å². The Morgan fingerprint density at radius 3 is 2.80 bits per heavy atom. The second-order valence-electron chi connectivity index (χ2n) is 3.77. The molecule has 0 saturated carbocycles. The summed E-state index contributed by atoms with van der Waals surface area (Å²) in [5.74, 6) is 0.895. The molecule has 2 rings (SSSR count). The van der Waals surface area contributed by atoms with Crippen LogP contribution in [0, 0.1) is 0 Å². The van der Waals surface area contributed by atoms with E-state index >= 15 is 0 Å². The lowest BCUT2D eigenvalue weighted by molar-refractivity contribution is 0.237. The van der Waals surface area contributed by atoms with E-state index in [1.54, 1.807) is 0 Å². The van der Waals surface area contributed by atoms with E-state index in [0.717, 1.165) is 25.9 Å². The van der Waals surface area contributed by atoms with E-state index in [0.29, 0.717) is 11.8 Å². The van der Waals surface area contributed by atoms with Gasteiger partial charge in [-0.1, -0.05) is 0 Å². The molecule has 3 N–H and O–H groups in total. The van der Waals surface area contributed by atoms with Gasteiger partial charge in [0.05, 0.1) is 6.61 Å². The first-order valence-electron chi connectivity index (χ1n) is 5.26. The number of hydrogen-bond acceptors (Lipinski definition) is 6. The molecule has 0 radical (unpaired) electrons. The van der Waals surface area contributed by atoms with Gasteiger partial charge in [-0.15, -0.1) is 0 Å². The Hall–Kier alpha value is -1.14. The van der Waals surface area contributed by atoms with Crippen molar-refractivity contribution in [2.75, 3.05) is 24.6 Å². The van der Waals surface area contributed by atoms with E-state index in [2.05, 4.69) is 15.0 Å². The smallest absolute Gasteiger partial charge is 0.266 e. The highest BCUT2D eigenvalue weighted by Gasteiger charge is 2.19. The van der Waals surface area contributed by atoms with Gasteiger partial charge in [0.15, 0.2) is 0 Å². The monoisotopic (exact) mass is 212 g/mol. The van der Waals surface area contributed by atoms with Crippen LogP contribution >= 0.6 is 0 Å². The average Bonchev–Trinajstić information content (AvgIpc) is 2.78. The minimum Gasteiger partial charge on any atom is -0.394 e. The molecule has 1 aromatic rings. The standard InChI is InChI=1S/C9H16N4O2/c10-7(6-14)8-11-9(12-15-8)13-4-2-1-3-5-13/h7,14H,1-6,10H2/t7-/m0/s1. The second kappa shape index (κ2) is 4.59. The summed E-state index contributed by atoms with van der Waals surface area (Å²) in [6, 6.07) is -0.573. The van der Waals surface area contributed by atoms with Crippen molar-refractivity contribution in [3.63, 3.8) is 0 Å². The summed E-state index contributed by atoms with van der Waals surface area (Å²) in [6.45, 7) is 1.75. The van der Waals surface area contributed by atoms with Crippen molar-refractivity contribution in [2.24, 2.45) is 5.73 Å². The average molecular weight is 212 g/mol. The van der Waals surface area contributed by atoms with E-state index in [4.69, 9.17) is 15.4 Å². The highest BCUT2D eigenvalue weighted by Crippen LogP contribution is 2.17. The first-order chi connectivity index (χ1) is 7.31. The number of aromatic nitrogens is 2. The van der Waals surface area contributed by atoms with Gasteiger partial charge in [0.1, 0.15) is 6.04 Å². The largest absolute Gasteiger partial charge is 0.394 e. The van der Waals surface area contributed by atoms with Gasteiger partial charge in [-0.05, 0) is 24.4 Å². The molecule has 15 heavy (non-hydrogen) atoms. The van der Waals surface area contributed by atoms with Gasteiger partial charge in [-0.25, -0.2) is 0 Å². The first kappa shape index (κ1) is 10.4. The quantitative estimate of drug-likeness (QED) is 0.736. The second-order valence-corrected chi connectivity index (χ2v) is 3.77. The molecule has 2 heterocycles. The van der Waals surface area contributed by atoms with Crippen LogP contribution in [0.25, 0.3) is 0 Å². The molecule has 0 aliphatic carbocycles. The van der Waals surface area contributed by atoms with Crippen molar-refractivity contribution in [1.82, 2.24) is 10.1 Å². The van der Waals surface area contributed by atoms with Crippen molar-refractivity contribution in [1.29, 1.82) is 0 Å². The molecule has 1 fully saturated rings. The van der Waals surface area contributed by atoms with Crippen LogP contribution in [0.15, 0.2) is 4.52 Å². The molecule has 0 bridgehead atoms. The lowest BCUT2D eigenvalue weighted by atomic mass is 10.1. The normalized spacial score (nSPS) is 19.2. The summed E-state index contributed by atoms with van der Waals surface area (Å²) < 4.78 is 4.98. The van der Waals surface area contributed by atoms with Crippen LogP contribution in [0.5, 0.6) is 0 Å². The topological polar surface area (TPSA) is 88.4 Å². The van der Waals surface area contributed by atoms with Crippen LogP contribution in [0.4, 0.5) is 5.95 Å². The third-order valence-corrected chi connectivity index (χ3v) is 2.58. The molecule has 6 heteroatoms. The van der Waals surface area contributed by atoms with Crippen LogP contribution in [0.2, 0.25) is 0 Å². The summed E-state index contributed by atoms with van der Waals surface area (Å²) >= 11 is 0. The third-order valence-electron chi connectivity index (χ3n) is 2.58. The predicted octanol–water partition coefficient (Wildman–Crippen LogP) is 0.0520. The minimum absolute atomic E-state index is 0.179. The SMILES string of the molecule is N[C@@H](CO)c1nc(N2CCCCC2)no1. The van der Waals surface area contributed by atoms with Crippen LogP contribution in [-0.4, -0.2) is 34.9 Å². The minimum atomic E-state index is -0.573. The fourth-order valence-electron chi connectivity index (χ4n) is 1.68. The molecule has 0 aromatic carbocycles. The van der Waals surface area contributed by atoms with Gasteiger partial charge in [-0.2, -0.15) is 4.98 Å². The number of piperidine rings is 1. The summed E-state index contributed by atoms with van der Waals surface area (Å²) in [7, 11) is 0. The Kier molecular flexibility index (Phi) is 3.17. The molecule has 84 valence electrons. The van der Waals surface area contributed by atoms with E-state index < -0.39 is 6.04 Å². The zero-order chi connectivity index (χ0) is 10.7. The van der Waals surface area contributed by atoms with Gasteiger partial charge >= 0.3 is 0 Å². The van der Waals surface area contributed by atoms with Crippen molar-refractivity contribution in [3.8, 4) is 0 Å². The van der Waals surface area contributed by atoms with E-state index in [1.807, 2.05) is 0 Å². The van der Waals surface area contributed by atoms with Gasteiger partial charge in [0, 0.05) is 13.1 Å². The zero-order valence-electron chi connectivity index (χ0n) is 8.59. The molecule has 0 unspecified atom stereocenters. The van der Waals surface area contributed by atoms with Gasteiger partial charge in [0.2, 0.25) is 5.89 Å².